The molecule has 0 bridgehead atoms. The molecule has 2 aliphatic heterocycles. The normalized spacial score (nSPS) is 25.9. The number of ether oxygens (including phenoxy) is 6. The molecule has 1 fully saturated rings. The molecule has 158 valence electrons. The van der Waals surface area contributed by atoms with Crippen molar-refractivity contribution in [2.24, 2.45) is 11.8 Å². The Labute approximate surface area is 173 Å². The lowest BCUT2D eigenvalue weighted by atomic mass is 9.66. The number of esters is 1. The molecule has 8 nitrogen and oxygen atoms in total. The molecule has 4 atom stereocenters. The molecular weight excluding hydrogens is 392 g/mol. The number of hydrogen-bond donors (Lipinski definition) is 1. The Bertz CT molecular complexity index is 991. The number of aliphatic hydroxyl groups is 1. The van der Waals surface area contributed by atoms with Gasteiger partial charge in [-0.2, -0.15) is 0 Å². The van der Waals surface area contributed by atoms with Gasteiger partial charge in [-0.25, -0.2) is 0 Å². The largest absolute Gasteiger partial charge is 0.493 e. The van der Waals surface area contributed by atoms with E-state index in [-0.39, 0.29) is 31.2 Å². The predicted molar refractivity (Wildman–Crippen MR) is 103 cm³/mol. The number of methoxy groups -OCH3 is 3. The van der Waals surface area contributed by atoms with Gasteiger partial charge in [0.2, 0.25) is 12.5 Å². The van der Waals surface area contributed by atoms with E-state index >= 15 is 0 Å². The quantitative estimate of drug-likeness (QED) is 0.763. The highest BCUT2D eigenvalue weighted by atomic mass is 16.7. The second-order valence-electron chi connectivity index (χ2n) is 7.54. The molecule has 1 N–H and O–H groups in total. The van der Waals surface area contributed by atoms with Crippen molar-refractivity contribution in [3.05, 3.63) is 41.0 Å². The Morgan fingerprint density at radius 1 is 0.900 bits per heavy atom. The summed E-state index contributed by atoms with van der Waals surface area (Å²) in [5.74, 6) is 0.989. The lowest BCUT2D eigenvalue weighted by Crippen LogP contribution is -2.34. The molecule has 0 saturated carbocycles. The summed E-state index contributed by atoms with van der Waals surface area (Å²) in [6.07, 6.45) is -0.843. The van der Waals surface area contributed by atoms with Crippen molar-refractivity contribution in [2.45, 2.75) is 12.0 Å². The molecule has 0 spiro atoms. The fraction of sp³-hybridized carbons (Fsp3) is 0.409. The van der Waals surface area contributed by atoms with Crippen LogP contribution < -0.4 is 23.7 Å². The predicted octanol–water partition coefficient (Wildman–Crippen LogP) is 2.41. The Kier molecular flexibility index (Phi) is 4.39. The van der Waals surface area contributed by atoms with Gasteiger partial charge in [0.25, 0.3) is 0 Å². The van der Waals surface area contributed by atoms with Gasteiger partial charge in [-0.05, 0) is 41.0 Å². The molecule has 2 aromatic carbocycles. The highest BCUT2D eigenvalue weighted by molar-refractivity contribution is 5.79. The molecular formula is C22H22O8. The summed E-state index contributed by atoms with van der Waals surface area (Å²) in [6.45, 7) is 0.289. The van der Waals surface area contributed by atoms with Gasteiger partial charge in [0, 0.05) is 11.8 Å². The summed E-state index contributed by atoms with van der Waals surface area (Å²) in [5, 5.41) is 11.0. The summed E-state index contributed by atoms with van der Waals surface area (Å²) >= 11 is 0. The minimum Gasteiger partial charge on any atom is -0.493 e. The lowest BCUT2D eigenvalue weighted by Gasteiger charge is -2.37. The van der Waals surface area contributed by atoms with E-state index in [2.05, 4.69) is 0 Å². The van der Waals surface area contributed by atoms with Crippen LogP contribution in [0, 0.1) is 11.8 Å². The zero-order chi connectivity index (χ0) is 21.0. The smallest absolute Gasteiger partial charge is 0.310 e. The van der Waals surface area contributed by atoms with Gasteiger partial charge >= 0.3 is 5.97 Å². The molecule has 2 heterocycles. The van der Waals surface area contributed by atoms with Gasteiger partial charge in [-0.3, -0.25) is 4.79 Å². The highest BCUT2D eigenvalue weighted by Gasteiger charge is 2.52. The molecule has 0 unspecified atom stereocenters. The van der Waals surface area contributed by atoms with Gasteiger partial charge in [0.05, 0.1) is 40.0 Å². The van der Waals surface area contributed by atoms with E-state index in [4.69, 9.17) is 28.4 Å². The maximum Gasteiger partial charge on any atom is 0.310 e. The van der Waals surface area contributed by atoms with E-state index in [0.29, 0.717) is 34.3 Å². The van der Waals surface area contributed by atoms with Gasteiger partial charge in [0.1, 0.15) is 0 Å². The third kappa shape index (κ3) is 2.60. The molecule has 30 heavy (non-hydrogen) atoms. The standard InChI is InChI=1S/C22H22O8/c1-25-16-4-10(5-17(26-2)21(16)27-3)18-11-6-14-15(30-9-29-14)7-12(11)20(23)13-8-28-22(24)19(13)18/h4-7,13,18-20,23H,8-9H2,1-3H3/t13-,18+,19-,20+/m1/s1. The van der Waals surface area contributed by atoms with Gasteiger partial charge in [0.15, 0.2) is 23.0 Å². The maximum atomic E-state index is 12.7. The molecule has 8 heteroatoms. The minimum atomic E-state index is -0.843. The first-order valence-corrected chi connectivity index (χ1v) is 9.65. The zero-order valence-corrected chi connectivity index (χ0v) is 16.8. The fourth-order valence-corrected chi connectivity index (χ4v) is 4.81. The van der Waals surface area contributed by atoms with E-state index < -0.39 is 12.0 Å². The first-order chi connectivity index (χ1) is 14.6. The second-order valence-corrected chi connectivity index (χ2v) is 7.54. The van der Waals surface area contributed by atoms with E-state index in [1.165, 1.54) is 7.11 Å². The number of benzene rings is 2. The average molecular weight is 414 g/mol. The van der Waals surface area contributed by atoms with Crippen molar-refractivity contribution in [1.29, 1.82) is 0 Å². The van der Waals surface area contributed by atoms with Crippen LogP contribution in [0.15, 0.2) is 24.3 Å². The average Bonchev–Trinajstić information content (AvgIpc) is 3.38. The third-order valence-electron chi connectivity index (χ3n) is 6.19. The van der Waals surface area contributed by atoms with Crippen molar-refractivity contribution >= 4 is 5.97 Å². The van der Waals surface area contributed by atoms with E-state index in [1.54, 1.807) is 20.3 Å². The number of carbonyl (C=O) groups excluding carboxylic acids is 1. The fourth-order valence-electron chi connectivity index (χ4n) is 4.81. The molecule has 1 saturated heterocycles. The third-order valence-corrected chi connectivity index (χ3v) is 6.19. The molecule has 1 aliphatic carbocycles. The minimum absolute atomic E-state index is 0.123. The van der Waals surface area contributed by atoms with Crippen molar-refractivity contribution in [2.75, 3.05) is 34.7 Å². The van der Waals surface area contributed by atoms with E-state index in [0.717, 1.165) is 11.1 Å². The van der Waals surface area contributed by atoms with Gasteiger partial charge < -0.3 is 33.5 Å². The van der Waals surface area contributed by atoms with Crippen LogP contribution in [-0.2, 0) is 9.53 Å². The Balaban J connectivity index is 1.74. The highest BCUT2D eigenvalue weighted by Crippen LogP contribution is 2.55. The van der Waals surface area contributed by atoms with Crippen LogP contribution >= 0.6 is 0 Å². The summed E-state index contributed by atoms with van der Waals surface area (Å²) in [6, 6.07) is 7.31. The summed E-state index contributed by atoms with van der Waals surface area (Å²) in [7, 11) is 4.63. The van der Waals surface area contributed by atoms with E-state index in [1.807, 2.05) is 18.2 Å². The van der Waals surface area contributed by atoms with Crippen LogP contribution in [0.4, 0.5) is 0 Å². The van der Waals surface area contributed by atoms with Gasteiger partial charge in [-0.1, -0.05) is 0 Å². The number of rotatable bonds is 4. The molecule has 2 aromatic rings. The Morgan fingerprint density at radius 3 is 2.13 bits per heavy atom. The SMILES string of the molecule is COc1cc([C@H]2c3cc4c(cc3[C@H](O)[C@@H]3COC(=O)[C@@H]23)OCO4)cc(OC)c1OC. The summed E-state index contributed by atoms with van der Waals surface area (Å²) in [4.78, 5) is 12.7. The molecule has 0 radical (unpaired) electrons. The van der Waals surface area contributed by atoms with Crippen LogP contribution in [0.3, 0.4) is 0 Å². The number of fused-ring (bicyclic) bond motifs is 3. The first kappa shape index (κ1) is 18.9. The topological polar surface area (TPSA) is 92.7 Å². The number of cyclic esters (lactones) is 1. The zero-order valence-electron chi connectivity index (χ0n) is 16.8. The van der Waals surface area contributed by atoms with Crippen LogP contribution in [0.5, 0.6) is 28.7 Å². The van der Waals surface area contributed by atoms with Gasteiger partial charge in [-0.15, -0.1) is 0 Å². The van der Waals surface area contributed by atoms with Crippen molar-refractivity contribution in [3.8, 4) is 28.7 Å². The summed E-state index contributed by atoms with van der Waals surface area (Å²) in [5.41, 5.74) is 2.30. The number of carbonyl (C=O) groups is 1. The van der Waals surface area contributed by atoms with Crippen LogP contribution in [-0.4, -0.2) is 45.8 Å². The van der Waals surface area contributed by atoms with Crippen LogP contribution in [0.25, 0.3) is 0 Å². The molecule has 0 aromatic heterocycles. The monoisotopic (exact) mass is 414 g/mol. The number of hydrogen-bond acceptors (Lipinski definition) is 8. The molecule has 3 aliphatic rings. The van der Waals surface area contributed by atoms with Crippen LogP contribution in [0.2, 0.25) is 0 Å². The first-order valence-electron chi connectivity index (χ1n) is 9.65. The second kappa shape index (κ2) is 6.98. The molecule has 5 rings (SSSR count). The number of aliphatic hydroxyl groups excluding tert-OH is 1. The summed E-state index contributed by atoms with van der Waals surface area (Å²) < 4.78 is 32.9. The molecule has 0 amide bonds. The van der Waals surface area contributed by atoms with Crippen molar-refractivity contribution in [1.82, 2.24) is 0 Å². The van der Waals surface area contributed by atoms with Crippen LogP contribution in [0.1, 0.15) is 28.7 Å². The van der Waals surface area contributed by atoms with E-state index in [9.17, 15) is 9.90 Å². The Morgan fingerprint density at radius 2 is 1.53 bits per heavy atom. The van der Waals surface area contributed by atoms with Crippen molar-refractivity contribution in [3.63, 3.8) is 0 Å². The Hall–Kier alpha value is -3.13. The maximum absolute atomic E-state index is 12.7. The lowest BCUT2D eigenvalue weighted by molar-refractivity contribution is -0.141. The van der Waals surface area contributed by atoms with Crippen molar-refractivity contribution < 1.29 is 38.3 Å².